The fraction of sp³-hybridized carbons (Fsp3) is 0.409. The maximum Gasteiger partial charge on any atom is 0.261 e. The molecular weight excluding hydrogens is 404 g/mol. The van der Waals surface area contributed by atoms with E-state index < -0.39 is 16.1 Å². The summed E-state index contributed by atoms with van der Waals surface area (Å²) in [7, 11) is -1.85. The first-order valence-corrected chi connectivity index (χ1v) is 11.6. The molecule has 30 heavy (non-hydrogen) atoms. The zero-order valence-electron chi connectivity index (χ0n) is 18.1. The molecule has 1 N–H and O–H groups in total. The monoisotopic (exact) mass is 434 g/mol. The summed E-state index contributed by atoms with van der Waals surface area (Å²) in [5.41, 5.74) is 2.77. The Balaban J connectivity index is 1.85. The maximum absolute atomic E-state index is 12.4. The number of sulfonamides is 1. The normalized spacial score (nSPS) is 12.2. The minimum Gasteiger partial charge on any atom is -0.492 e. The summed E-state index contributed by atoms with van der Waals surface area (Å²) in [6.07, 6.45) is 0.984. The predicted molar refractivity (Wildman–Crippen MR) is 119 cm³/mol. The number of rotatable bonds is 10. The summed E-state index contributed by atoms with van der Waals surface area (Å²) in [6.45, 7) is 6.61. The molecule has 1 atom stereocenters. The van der Waals surface area contributed by atoms with Crippen molar-refractivity contribution in [2.75, 3.05) is 30.8 Å². The maximum atomic E-state index is 12.4. The highest BCUT2D eigenvalue weighted by molar-refractivity contribution is 7.92. The zero-order valence-corrected chi connectivity index (χ0v) is 19.0. The van der Waals surface area contributed by atoms with E-state index in [0.717, 1.165) is 23.1 Å². The van der Waals surface area contributed by atoms with Gasteiger partial charge in [-0.25, -0.2) is 8.42 Å². The van der Waals surface area contributed by atoms with Crippen LogP contribution in [0.15, 0.2) is 42.5 Å². The molecule has 1 amide bonds. The molecule has 0 radical (unpaired) electrons. The van der Waals surface area contributed by atoms with Gasteiger partial charge in [0.25, 0.3) is 5.91 Å². The third-order valence-corrected chi connectivity index (χ3v) is 5.71. The van der Waals surface area contributed by atoms with Gasteiger partial charge in [0, 0.05) is 7.05 Å². The summed E-state index contributed by atoms with van der Waals surface area (Å²) >= 11 is 0. The Kier molecular flexibility index (Phi) is 8.11. The zero-order chi connectivity index (χ0) is 22.3. The molecule has 2 rings (SSSR count). The second kappa shape index (κ2) is 10.3. The van der Waals surface area contributed by atoms with Crippen LogP contribution in [-0.4, -0.2) is 46.9 Å². The van der Waals surface area contributed by atoms with Crippen molar-refractivity contribution in [1.29, 1.82) is 0 Å². The molecule has 0 aliphatic carbocycles. The number of benzene rings is 2. The highest BCUT2D eigenvalue weighted by Crippen LogP contribution is 2.21. The molecule has 7 nitrogen and oxygen atoms in total. The van der Waals surface area contributed by atoms with Crippen LogP contribution in [0, 0.1) is 13.8 Å². The van der Waals surface area contributed by atoms with Gasteiger partial charge in [0.2, 0.25) is 10.0 Å². The highest BCUT2D eigenvalue weighted by Gasteiger charge is 2.18. The van der Waals surface area contributed by atoms with Gasteiger partial charge in [0.1, 0.15) is 18.1 Å². The number of anilines is 1. The number of ether oxygens (including phenoxy) is 2. The van der Waals surface area contributed by atoms with E-state index >= 15 is 0 Å². The predicted octanol–water partition coefficient (Wildman–Crippen LogP) is 3.05. The lowest BCUT2D eigenvalue weighted by Crippen LogP contribution is -2.39. The van der Waals surface area contributed by atoms with Crippen molar-refractivity contribution in [3.8, 4) is 11.5 Å². The topological polar surface area (TPSA) is 84.9 Å². The molecule has 8 heteroatoms. The Morgan fingerprint density at radius 1 is 1.07 bits per heavy atom. The Bertz CT molecular complexity index is 938. The second-order valence-electron chi connectivity index (χ2n) is 7.20. The van der Waals surface area contributed by atoms with E-state index in [1.807, 2.05) is 32.9 Å². The molecule has 0 bridgehead atoms. The van der Waals surface area contributed by atoms with Crippen molar-refractivity contribution < 1.29 is 22.7 Å². The lowest BCUT2D eigenvalue weighted by molar-refractivity contribution is -0.128. The largest absolute Gasteiger partial charge is 0.492 e. The number of carbonyl (C=O) groups excluding carboxylic acids is 1. The molecule has 0 unspecified atom stereocenters. The Hall–Kier alpha value is -2.74. The van der Waals surface area contributed by atoms with Crippen LogP contribution in [-0.2, 0) is 14.8 Å². The summed E-state index contributed by atoms with van der Waals surface area (Å²) in [5, 5.41) is 2.83. The lowest BCUT2D eigenvalue weighted by Gasteiger charge is -2.19. The first-order valence-electron chi connectivity index (χ1n) is 9.79. The minimum atomic E-state index is -3.33. The van der Waals surface area contributed by atoms with E-state index in [0.29, 0.717) is 31.0 Å². The van der Waals surface area contributed by atoms with E-state index in [9.17, 15) is 13.2 Å². The number of aryl methyl sites for hydroxylation is 2. The molecule has 0 saturated heterocycles. The van der Waals surface area contributed by atoms with Crippen LogP contribution < -0.4 is 19.1 Å². The van der Waals surface area contributed by atoms with Gasteiger partial charge in [-0.3, -0.25) is 9.10 Å². The van der Waals surface area contributed by atoms with Gasteiger partial charge in [-0.1, -0.05) is 13.0 Å². The molecule has 0 aliphatic heterocycles. The molecule has 164 valence electrons. The lowest BCUT2D eigenvalue weighted by atomic mass is 10.1. The number of carbonyl (C=O) groups is 1. The molecule has 0 fully saturated rings. The molecule has 0 saturated carbocycles. The van der Waals surface area contributed by atoms with Gasteiger partial charge in [-0.15, -0.1) is 0 Å². The number of hydrogen-bond donors (Lipinski definition) is 1. The fourth-order valence-corrected chi connectivity index (χ4v) is 3.39. The van der Waals surface area contributed by atoms with Crippen molar-refractivity contribution >= 4 is 21.6 Å². The van der Waals surface area contributed by atoms with Crippen molar-refractivity contribution in [1.82, 2.24) is 5.32 Å². The SMILES string of the molecule is CC[C@H](Oc1ccc(N(C)S(C)(=O)=O)cc1)C(=O)NCCOc1cc(C)cc(C)c1. The smallest absolute Gasteiger partial charge is 0.261 e. The van der Waals surface area contributed by atoms with Gasteiger partial charge in [0.15, 0.2) is 6.10 Å². The van der Waals surface area contributed by atoms with E-state index in [1.165, 1.54) is 11.4 Å². The third kappa shape index (κ3) is 6.95. The number of hydrogen-bond acceptors (Lipinski definition) is 5. The molecule has 2 aromatic carbocycles. The average molecular weight is 435 g/mol. The van der Waals surface area contributed by atoms with E-state index in [-0.39, 0.29) is 5.91 Å². The highest BCUT2D eigenvalue weighted by atomic mass is 32.2. The van der Waals surface area contributed by atoms with Gasteiger partial charge in [0.05, 0.1) is 18.5 Å². The number of amides is 1. The molecule has 0 heterocycles. The Morgan fingerprint density at radius 2 is 1.67 bits per heavy atom. The van der Waals surface area contributed by atoms with Crippen LogP contribution in [0.3, 0.4) is 0 Å². The van der Waals surface area contributed by atoms with Crippen LogP contribution >= 0.6 is 0 Å². The van der Waals surface area contributed by atoms with Gasteiger partial charge >= 0.3 is 0 Å². The van der Waals surface area contributed by atoms with E-state index in [4.69, 9.17) is 9.47 Å². The van der Waals surface area contributed by atoms with Gasteiger partial charge < -0.3 is 14.8 Å². The fourth-order valence-electron chi connectivity index (χ4n) is 2.89. The molecule has 0 aromatic heterocycles. The van der Waals surface area contributed by atoms with Crippen molar-refractivity contribution in [3.63, 3.8) is 0 Å². The van der Waals surface area contributed by atoms with Crippen LogP contribution in [0.1, 0.15) is 24.5 Å². The van der Waals surface area contributed by atoms with Crippen molar-refractivity contribution in [2.24, 2.45) is 0 Å². The summed E-state index contributed by atoms with van der Waals surface area (Å²) in [4.78, 5) is 12.4. The van der Waals surface area contributed by atoms with Crippen molar-refractivity contribution in [3.05, 3.63) is 53.6 Å². The minimum absolute atomic E-state index is 0.223. The number of nitrogens with zero attached hydrogens (tertiary/aromatic N) is 1. The molecule has 2 aromatic rings. The van der Waals surface area contributed by atoms with Crippen LogP contribution in [0.4, 0.5) is 5.69 Å². The van der Waals surface area contributed by atoms with Crippen LogP contribution in [0.2, 0.25) is 0 Å². The van der Waals surface area contributed by atoms with Crippen molar-refractivity contribution in [2.45, 2.75) is 33.3 Å². The first kappa shape index (κ1) is 23.5. The van der Waals surface area contributed by atoms with Gasteiger partial charge in [-0.05, 0) is 67.8 Å². The molecule has 0 spiro atoms. The first-order chi connectivity index (χ1) is 14.1. The quantitative estimate of drug-likeness (QED) is 0.581. The summed E-state index contributed by atoms with van der Waals surface area (Å²) in [6, 6.07) is 12.6. The van der Waals surface area contributed by atoms with Crippen LogP contribution in [0.25, 0.3) is 0 Å². The van der Waals surface area contributed by atoms with E-state index in [2.05, 4.69) is 11.4 Å². The summed E-state index contributed by atoms with van der Waals surface area (Å²) < 4.78 is 35.9. The van der Waals surface area contributed by atoms with Gasteiger partial charge in [-0.2, -0.15) is 0 Å². The van der Waals surface area contributed by atoms with Crippen LogP contribution in [0.5, 0.6) is 11.5 Å². The number of nitrogens with one attached hydrogen (secondary N) is 1. The molecule has 0 aliphatic rings. The second-order valence-corrected chi connectivity index (χ2v) is 9.22. The average Bonchev–Trinajstić information content (AvgIpc) is 2.67. The molecular formula is C22H30N2O5S. The Morgan fingerprint density at radius 3 is 2.20 bits per heavy atom. The third-order valence-electron chi connectivity index (χ3n) is 4.50. The Labute approximate surface area is 179 Å². The standard InChI is InChI=1S/C22H30N2O5S/c1-6-21(29-19-9-7-18(8-10-19)24(4)30(5,26)27)22(25)23-11-12-28-20-14-16(2)13-17(3)15-20/h7-10,13-15,21H,6,11-12H2,1-5H3,(H,23,25)/t21-/m0/s1. The van der Waals surface area contributed by atoms with E-state index in [1.54, 1.807) is 24.3 Å². The summed E-state index contributed by atoms with van der Waals surface area (Å²) in [5.74, 6) is 1.05.